The highest BCUT2D eigenvalue weighted by Crippen LogP contribution is 2.22. The van der Waals surface area contributed by atoms with Gasteiger partial charge in [0.2, 0.25) is 0 Å². The van der Waals surface area contributed by atoms with Crippen molar-refractivity contribution in [3.05, 3.63) is 36.2 Å². The number of phenolic OH excluding ortho intramolecular Hbond substituents is 1. The zero-order valence-corrected chi connectivity index (χ0v) is 10.0. The lowest BCUT2D eigenvalue weighted by Gasteiger charge is -2.14. The molecule has 1 aromatic heterocycles. The first-order valence-electron chi connectivity index (χ1n) is 5.37. The van der Waals surface area contributed by atoms with Crippen LogP contribution in [0.4, 0.5) is 0 Å². The molecule has 6 heteroatoms. The molecule has 0 amide bonds. The average molecular weight is 247 g/mol. The van der Waals surface area contributed by atoms with Crippen LogP contribution in [0.2, 0.25) is 0 Å². The highest BCUT2D eigenvalue weighted by Gasteiger charge is 2.32. The molecule has 0 spiro atoms. The lowest BCUT2D eigenvalue weighted by molar-refractivity contribution is -0.142. The standard InChI is InChI=1S/C12H13N3O3/c1-12(2,11(17)18)10-7-15(14-13-10)8-4-3-5-9(16)6-8/h3-7,16H,1-2H3,(H,17,18). The monoisotopic (exact) mass is 247 g/mol. The zero-order chi connectivity index (χ0) is 13.3. The van der Waals surface area contributed by atoms with Crippen LogP contribution < -0.4 is 0 Å². The van der Waals surface area contributed by atoms with Gasteiger partial charge in [0.15, 0.2) is 0 Å². The van der Waals surface area contributed by atoms with Gasteiger partial charge in [-0.15, -0.1) is 5.10 Å². The molecule has 0 bridgehead atoms. The SMILES string of the molecule is CC(C)(C(=O)O)c1cn(-c2cccc(O)c2)nn1. The van der Waals surface area contributed by atoms with Crippen LogP contribution in [-0.2, 0) is 10.2 Å². The average Bonchev–Trinajstić information content (AvgIpc) is 2.78. The number of rotatable bonds is 3. The van der Waals surface area contributed by atoms with Crippen LogP contribution >= 0.6 is 0 Å². The number of aliphatic carboxylic acids is 1. The first-order chi connectivity index (χ1) is 8.41. The summed E-state index contributed by atoms with van der Waals surface area (Å²) in [7, 11) is 0. The molecule has 94 valence electrons. The molecule has 2 N–H and O–H groups in total. The third kappa shape index (κ3) is 2.04. The summed E-state index contributed by atoms with van der Waals surface area (Å²) in [6, 6.07) is 6.48. The Balaban J connectivity index is 2.40. The number of benzene rings is 1. The number of hydrogen-bond donors (Lipinski definition) is 2. The fraction of sp³-hybridized carbons (Fsp3) is 0.250. The molecule has 0 aliphatic rings. The van der Waals surface area contributed by atoms with E-state index >= 15 is 0 Å². The van der Waals surface area contributed by atoms with E-state index in [2.05, 4.69) is 10.3 Å². The molecule has 0 atom stereocenters. The fourth-order valence-corrected chi connectivity index (χ4v) is 1.42. The van der Waals surface area contributed by atoms with Crippen molar-refractivity contribution in [2.45, 2.75) is 19.3 Å². The molecular formula is C12H13N3O3. The summed E-state index contributed by atoms with van der Waals surface area (Å²) in [5, 5.41) is 26.2. The van der Waals surface area contributed by atoms with Gasteiger partial charge in [0.1, 0.15) is 11.2 Å². The second-order valence-electron chi connectivity index (χ2n) is 4.50. The van der Waals surface area contributed by atoms with Gasteiger partial charge >= 0.3 is 5.97 Å². The molecule has 0 fully saturated rings. The minimum Gasteiger partial charge on any atom is -0.508 e. The van der Waals surface area contributed by atoms with Crippen LogP contribution in [0, 0.1) is 0 Å². The molecule has 0 saturated heterocycles. The Morgan fingerprint density at radius 3 is 2.72 bits per heavy atom. The van der Waals surface area contributed by atoms with Crippen LogP contribution in [0.5, 0.6) is 5.75 Å². The molecule has 0 aliphatic heterocycles. The Bertz CT molecular complexity index is 590. The summed E-state index contributed by atoms with van der Waals surface area (Å²) in [5.41, 5.74) is -0.122. The lowest BCUT2D eigenvalue weighted by atomic mass is 9.90. The first kappa shape index (κ1) is 12.1. The Kier molecular flexibility index (Phi) is 2.78. The van der Waals surface area contributed by atoms with Crippen molar-refractivity contribution < 1.29 is 15.0 Å². The summed E-state index contributed by atoms with van der Waals surface area (Å²) >= 11 is 0. The number of aromatic hydroxyl groups is 1. The van der Waals surface area contributed by atoms with Gasteiger partial charge < -0.3 is 10.2 Å². The predicted molar refractivity (Wildman–Crippen MR) is 63.7 cm³/mol. The number of carbonyl (C=O) groups is 1. The van der Waals surface area contributed by atoms with E-state index in [1.165, 1.54) is 10.7 Å². The quantitative estimate of drug-likeness (QED) is 0.854. The molecule has 0 aliphatic carbocycles. The minimum absolute atomic E-state index is 0.113. The van der Waals surface area contributed by atoms with E-state index in [4.69, 9.17) is 5.11 Å². The number of phenols is 1. The Morgan fingerprint density at radius 1 is 1.39 bits per heavy atom. The summed E-state index contributed by atoms with van der Waals surface area (Å²) in [4.78, 5) is 11.1. The topological polar surface area (TPSA) is 88.2 Å². The van der Waals surface area contributed by atoms with Gasteiger partial charge in [-0.1, -0.05) is 11.3 Å². The van der Waals surface area contributed by atoms with Crippen LogP contribution in [0.15, 0.2) is 30.5 Å². The molecular weight excluding hydrogens is 234 g/mol. The maximum Gasteiger partial charge on any atom is 0.315 e. The normalized spacial score (nSPS) is 11.4. The van der Waals surface area contributed by atoms with E-state index in [1.807, 2.05) is 0 Å². The number of hydrogen-bond acceptors (Lipinski definition) is 4. The van der Waals surface area contributed by atoms with Gasteiger partial charge in [-0.05, 0) is 26.0 Å². The highest BCUT2D eigenvalue weighted by atomic mass is 16.4. The predicted octanol–water partition coefficient (Wildman–Crippen LogP) is 1.34. The molecule has 0 radical (unpaired) electrons. The largest absolute Gasteiger partial charge is 0.508 e. The second-order valence-corrected chi connectivity index (χ2v) is 4.50. The summed E-state index contributed by atoms with van der Waals surface area (Å²) in [6.45, 7) is 3.12. The number of carboxylic acid groups (broad SMARTS) is 1. The Morgan fingerprint density at radius 2 is 2.11 bits per heavy atom. The van der Waals surface area contributed by atoms with Crippen molar-refractivity contribution in [2.24, 2.45) is 0 Å². The summed E-state index contributed by atoms with van der Waals surface area (Å²) < 4.78 is 1.43. The molecule has 2 aromatic rings. The van der Waals surface area contributed by atoms with Crippen molar-refractivity contribution >= 4 is 5.97 Å². The number of nitrogens with zero attached hydrogens (tertiary/aromatic N) is 3. The van der Waals surface area contributed by atoms with Crippen molar-refractivity contribution in [1.82, 2.24) is 15.0 Å². The number of carboxylic acids is 1. The van der Waals surface area contributed by atoms with Crippen molar-refractivity contribution in [3.8, 4) is 11.4 Å². The van der Waals surface area contributed by atoms with E-state index < -0.39 is 11.4 Å². The van der Waals surface area contributed by atoms with E-state index in [9.17, 15) is 9.90 Å². The van der Waals surface area contributed by atoms with Gasteiger partial charge in [-0.2, -0.15) is 0 Å². The van der Waals surface area contributed by atoms with Gasteiger partial charge in [0.25, 0.3) is 0 Å². The minimum atomic E-state index is -1.10. The molecule has 0 unspecified atom stereocenters. The Hall–Kier alpha value is -2.37. The first-order valence-corrected chi connectivity index (χ1v) is 5.37. The molecule has 18 heavy (non-hydrogen) atoms. The fourth-order valence-electron chi connectivity index (χ4n) is 1.42. The van der Waals surface area contributed by atoms with Crippen LogP contribution in [0.25, 0.3) is 5.69 Å². The zero-order valence-electron chi connectivity index (χ0n) is 10.0. The van der Waals surface area contributed by atoms with Gasteiger partial charge in [-0.25, -0.2) is 4.68 Å². The molecule has 1 aromatic carbocycles. The third-order valence-corrected chi connectivity index (χ3v) is 2.76. The van der Waals surface area contributed by atoms with E-state index in [0.717, 1.165) is 0 Å². The molecule has 1 heterocycles. The van der Waals surface area contributed by atoms with Crippen molar-refractivity contribution in [2.75, 3.05) is 0 Å². The van der Waals surface area contributed by atoms with E-state index in [0.29, 0.717) is 11.4 Å². The summed E-state index contributed by atoms with van der Waals surface area (Å²) in [6.07, 6.45) is 1.54. The van der Waals surface area contributed by atoms with Crippen molar-refractivity contribution in [3.63, 3.8) is 0 Å². The molecule has 6 nitrogen and oxygen atoms in total. The van der Waals surface area contributed by atoms with Crippen molar-refractivity contribution in [1.29, 1.82) is 0 Å². The smallest absolute Gasteiger partial charge is 0.315 e. The highest BCUT2D eigenvalue weighted by molar-refractivity contribution is 5.79. The molecule has 2 rings (SSSR count). The summed E-state index contributed by atoms with van der Waals surface area (Å²) in [5.74, 6) is -0.854. The van der Waals surface area contributed by atoms with Gasteiger partial charge in [0.05, 0.1) is 17.6 Å². The van der Waals surface area contributed by atoms with Gasteiger partial charge in [0, 0.05) is 6.07 Å². The van der Waals surface area contributed by atoms with Gasteiger partial charge in [-0.3, -0.25) is 4.79 Å². The Labute approximate surface area is 103 Å². The second kappa shape index (κ2) is 4.14. The van der Waals surface area contributed by atoms with E-state index in [1.54, 1.807) is 38.2 Å². The van der Waals surface area contributed by atoms with Crippen LogP contribution in [0.1, 0.15) is 19.5 Å². The van der Waals surface area contributed by atoms with Crippen LogP contribution in [0.3, 0.4) is 0 Å². The maximum atomic E-state index is 11.1. The van der Waals surface area contributed by atoms with E-state index in [-0.39, 0.29) is 5.75 Å². The molecule has 0 saturated carbocycles. The lowest BCUT2D eigenvalue weighted by Crippen LogP contribution is -2.28. The maximum absolute atomic E-state index is 11.1. The third-order valence-electron chi connectivity index (χ3n) is 2.76. The number of aromatic nitrogens is 3. The van der Waals surface area contributed by atoms with Crippen LogP contribution in [-0.4, -0.2) is 31.2 Å².